The van der Waals surface area contributed by atoms with E-state index >= 15 is 0 Å². The van der Waals surface area contributed by atoms with Crippen LogP contribution in [0.2, 0.25) is 0 Å². The summed E-state index contributed by atoms with van der Waals surface area (Å²) in [6.07, 6.45) is 0.802. The van der Waals surface area contributed by atoms with Crippen molar-refractivity contribution < 1.29 is 8.78 Å². The van der Waals surface area contributed by atoms with Crippen molar-refractivity contribution in [2.45, 2.75) is 29.5 Å². The maximum absolute atomic E-state index is 13.7. The van der Waals surface area contributed by atoms with Gasteiger partial charge in [-0.25, -0.2) is 8.78 Å². The molecule has 0 aliphatic carbocycles. The molecular formula is C14H15F2NS2. The Balaban J connectivity index is 2.25. The molecule has 2 aromatic rings. The maximum atomic E-state index is 13.7. The van der Waals surface area contributed by atoms with Gasteiger partial charge in [0, 0.05) is 17.0 Å². The van der Waals surface area contributed by atoms with Crippen molar-refractivity contribution in [3.8, 4) is 0 Å². The van der Waals surface area contributed by atoms with Gasteiger partial charge < -0.3 is 5.73 Å². The van der Waals surface area contributed by atoms with Crippen LogP contribution in [0, 0.1) is 11.6 Å². The van der Waals surface area contributed by atoms with E-state index in [0.29, 0.717) is 4.90 Å². The highest BCUT2D eigenvalue weighted by Crippen LogP contribution is 2.40. The quantitative estimate of drug-likeness (QED) is 0.817. The number of thiophene rings is 1. The van der Waals surface area contributed by atoms with E-state index in [-0.39, 0.29) is 11.3 Å². The molecule has 0 saturated heterocycles. The van der Waals surface area contributed by atoms with Gasteiger partial charge in [-0.1, -0.05) is 6.92 Å². The van der Waals surface area contributed by atoms with E-state index in [0.717, 1.165) is 18.1 Å². The van der Waals surface area contributed by atoms with Crippen molar-refractivity contribution in [2.75, 3.05) is 0 Å². The summed E-state index contributed by atoms with van der Waals surface area (Å²) in [4.78, 5) is 0.432. The van der Waals surface area contributed by atoms with Crippen LogP contribution in [-0.4, -0.2) is 6.04 Å². The van der Waals surface area contributed by atoms with Gasteiger partial charge in [-0.3, -0.25) is 0 Å². The third-order valence-corrected chi connectivity index (χ3v) is 5.04. The summed E-state index contributed by atoms with van der Waals surface area (Å²) < 4.78 is 26.6. The van der Waals surface area contributed by atoms with Crippen molar-refractivity contribution in [3.63, 3.8) is 0 Å². The monoisotopic (exact) mass is 299 g/mol. The number of rotatable bonds is 5. The molecule has 0 radical (unpaired) electrons. The second-order valence-corrected chi connectivity index (χ2v) is 6.21. The van der Waals surface area contributed by atoms with Gasteiger partial charge in [-0.05, 0) is 40.9 Å². The first-order valence-corrected chi connectivity index (χ1v) is 7.83. The molecule has 0 aliphatic rings. The Kier molecular flexibility index (Phi) is 4.96. The molecule has 2 unspecified atom stereocenters. The number of halogens is 2. The number of thioether (sulfide) groups is 1. The molecule has 2 N–H and O–H groups in total. The Morgan fingerprint density at radius 2 is 2.11 bits per heavy atom. The van der Waals surface area contributed by atoms with E-state index in [9.17, 15) is 8.78 Å². The highest BCUT2D eigenvalue weighted by Gasteiger charge is 2.21. The molecule has 1 heterocycles. The lowest BCUT2D eigenvalue weighted by molar-refractivity contribution is 0.564. The Hall–Kier alpha value is -0.910. The largest absolute Gasteiger partial charge is 0.326 e. The summed E-state index contributed by atoms with van der Waals surface area (Å²) in [7, 11) is 0. The maximum Gasteiger partial charge on any atom is 0.139 e. The van der Waals surface area contributed by atoms with Crippen molar-refractivity contribution in [2.24, 2.45) is 5.73 Å². The Labute approximate surface area is 119 Å². The third kappa shape index (κ3) is 3.55. The summed E-state index contributed by atoms with van der Waals surface area (Å²) in [5.74, 6) is -1.10. The lowest BCUT2D eigenvalue weighted by Crippen LogP contribution is -2.25. The summed E-state index contributed by atoms with van der Waals surface area (Å²) >= 11 is 2.94. The molecule has 1 aromatic carbocycles. The lowest BCUT2D eigenvalue weighted by Gasteiger charge is -2.22. The molecule has 5 heteroatoms. The molecule has 1 nitrogen and oxygen atoms in total. The third-order valence-electron chi connectivity index (χ3n) is 2.88. The Morgan fingerprint density at radius 3 is 2.68 bits per heavy atom. The minimum absolute atomic E-state index is 0.0174. The summed E-state index contributed by atoms with van der Waals surface area (Å²) in [6, 6.07) is 5.58. The van der Waals surface area contributed by atoms with Crippen molar-refractivity contribution in [1.82, 2.24) is 0 Å². The first kappa shape index (κ1) is 14.5. The number of benzene rings is 1. The second kappa shape index (κ2) is 6.50. The van der Waals surface area contributed by atoms with Gasteiger partial charge in [0.2, 0.25) is 0 Å². The van der Waals surface area contributed by atoms with Crippen LogP contribution in [0.15, 0.2) is 39.9 Å². The van der Waals surface area contributed by atoms with E-state index in [1.165, 1.54) is 23.9 Å². The average Bonchev–Trinajstić information content (AvgIpc) is 2.91. The minimum Gasteiger partial charge on any atom is -0.326 e. The molecule has 0 bridgehead atoms. The van der Waals surface area contributed by atoms with Crippen molar-refractivity contribution in [3.05, 3.63) is 52.2 Å². The number of hydrogen-bond donors (Lipinski definition) is 1. The molecule has 0 fully saturated rings. The lowest BCUT2D eigenvalue weighted by atomic mass is 10.1. The zero-order chi connectivity index (χ0) is 13.8. The van der Waals surface area contributed by atoms with Crippen LogP contribution >= 0.6 is 23.1 Å². The van der Waals surface area contributed by atoms with Crippen LogP contribution < -0.4 is 5.73 Å². The van der Waals surface area contributed by atoms with Crippen molar-refractivity contribution in [1.29, 1.82) is 0 Å². The van der Waals surface area contributed by atoms with E-state index < -0.39 is 11.6 Å². The Morgan fingerprint density at radius 1 is 1.32 bits per heavy atom. The van der Waals surface area contributed by atoms with Crippen LogP contribution in [0.25, 0.3) is 0 Å². The van der Waals surface area contributed by atoms with Crippen LogP contribution in [0.3, 0.4) is 0 Å². The number of nitrogens with two attached hydrogens (primary N) is 1. The van der Waals surface area contributed by atoms with Crippen LogP contribution in [0.4, 0.5) is 8.78 Å². The summed E-state index contributed by atoms with van der Waals surface area (Å²) in [5, 5.41) is 3.98. The molecule has 1 aromatic heterocycles. The summed E-state index contributed by atoms with van der Waals surface area (Å²) in [6.45, 7) is 2.01. The van der Waals surface area contributed by atoms with Gasteiger partial charge in [-0.15, -0.1) is 11.8 Å². The van der Waals surface area contributed by atoms with Gasteiger partial charge in [0.15, 0.2) is 0 Å². The molecule has 0 saturated carbocycles. The fourth-order valence-electron chi connectivity index (χ4n) is 1.76. The SMILES string of the molecule is CCC(N)C(Sc1ccc(F)cc1F)c1ccsc1. The van der Waals surface area contributed by atoms with Gasteiger partial charge in [0.05, 0.1) is 5.25 Å². The Bertz CT molecular complexity index is 528. The first-order valence-electron chi connectivity index (χ1n) is 6.01. The van der Waals surface area contributed by atoms with Crippen molar-refractivity contribution >= 4 is 23.1 Å². The van der Waals surface area contributed by atoms with Crippen LogP contribution in [0.5, 0.6) is 0 Å². The van der Waals surface area contributed by atoms with Crippen LogP contribution in [0.1, 0.15) is 24.2 Å². The zero-order valence-corrected chi connectivity index (χ0v) is 12.1. The molecule has 0 spiro atoms. The molecule has 0 aliphatic heterocycles. The van der Waals surface area contributed by atoms with Crippen LogP contribution in [-0.2, 0) is 0 Å². The van der Waals surface area contributed by atoms with E-state index in [1.54, 1.807) is 11.3 Å². The highest BCUT2D eigenvalue weighted by molar-refractivity contribution is 7.99. The van der Waals surface area contributed by atoms with Gasteiger partial charge in [0.1, 0.15) is 11.6 Å². The van der Waals surface area contributed by atoms with E-state index in [2.05, 4.69) is 0 Å². The molecule has 0 amide bonds. The van der Waals surface area contributed by atoms with Gasteiger partial charge >= 0.3 is 0 Å². The average molecular weight is 299 g/mol. The van der Waals surface area contributed by atoms with Gasteiger partial charge in [0.25, 0.3) is 0 Å². The molecular weight excluding hydrogens is 284 g/mol. The first-order chi connectivity index (χ1) is 9.11. The standard InChI is InChI=1S/C14H15F2NS2/c1-2-12(17)14(9-5-6-18-8-9)19-13-4-3-10(15)7-11(13)16/h3-8,12,14H,2,17H2,1H3. The van der Waals surface area contributed by atoms with Gasteiger partial charge in [-0.2, -0.15) is 11.3 Å². The fraction of sp³-hybridized carbons (Fsp3) is 0.286. The fourth-order valence-corrected chi connectivity index (χ4v) is 3.79. The van der Waals surface area contributed by atoms with E-state index in [1.807, 2.05) is 23.8 Å². The summed E-state index contributed by atoms with van der Waals surface area (Å²) in [5.41, 5.74) is 7.21. The zero-order valence-electron chi connectivity index (χ0n) is 10.5. The molecule has 19 heavy (non-hydrogen) atoms. The highest BCUT2D eigenvalue weighted by atomic mass is 32.2. The second-order valence-electron chi connectivity index (χ2n) is 4.24. The molecule has 2 rings (SSSR count). The normalized spacial score (nSPS) is 14.3. The molecule has 2 atom stereocenters. The predicted octanol–water partition coefficient (Wildman–Crippen LogP) is 4.60. The topological polar surface area (TPSA) is 26.0 Å². The number of hydrogen-bond acceptors (Lipinski definition) is 3. The smallest absolute Gasteiger partial charge is 0.139 e. The van der Waals surface area contributed by atoms with E-state index in [4.69, 9.17) is 5.73 Å². The minimum atomic E-state index is -0.561. The predicted molar refractivity (Wildman–Crippen MR) is 77.5 cm³/mol. The molecule has 102 valence electrons.